The quantitative estimate of drug-likeness (QED) is 0.891. The molecule has 0 saturated carbocycles. The van der Waals surface area contributed by atoms with Gasteiger partial charge < -0.3 is 5.11 Å². The van der Waals surface area contributed by atoms with E-state index in [1.54, 1.807) is 6.07 Å². The zero-order chi connectivity index (χ0) is 14.0. The minimum Gasteiger partial charge on any atom is -0.388 e. The molecule has 0 radical (unpaired) electrons. The maximum Gasteiger partial charge on any atom is 0.162 e. The minimum absolute atomic E-state index is 0.0477. The number of rotatable bonds is 3. The molecule has 0 aromatic heterocycles. The van der Waals surface area contributed by atoms with E-state index in [-0.39, 0.29) is 12.0 Å². The zero-order valence-corrected chi connectivity index (χ0v) is 11.9. The molecule has 19 heavy (non-hydrogen) atoms. The Labute approximate surface area is 119 Å². The fourth-order valence-corrected chi connectivity index (χ4v) is 2.51. The number of aliphatic hydroxyl groups excluding tert-OH is 1. The van der Waals surface area contributed by atoms with Crippen LogP contribution in [0.25, 0.3) is 0 Å². The third kappa shape index (κ3) is 3.19. The lowest BCUT2D eigenvalue weighted by molar-refractivity contribution is 0.176. The number of aliphatic hydroxyl groups is 1. The molecule has 4 heteroatoms. The molecule has 0 amide bonds. The van der Waals surface area contributed by atoms with Crippen LogP contribution in [0.2, 0.25) is 0 Å². The van der Waals surface area contributed by atoms with E-state index in [0.717, 1.165) is 16.1 Å². The molecule has 1 unspecified atom stereocenters. The summed E-state index contributed by atoms with van der Waals surface area (Å²) in [6.45, 7) is 1.87. The monoisotopic (exact) mass is 326 g/mol. The highest BCUT2D eigenvalue weighted by molar-refractivity contribution is 9.10. The fourth-order valence-electron chi connectivity index (χ4n) is 2.04. The van der Waals surface area contributed by atoms with Crippen molar-refractivity contribution in [1.29, 1.82) is 0 Å². The van der Waals surface area contributed by atoms with Crippen LogP contribution in [0.4, 0.5) is 8.78 Å². The van der Waals surface area contributed by atoms with Gasteiger partial charge in [0.1, 0.15) is 0 Å². The van der Waals surface area contributed by atoms with Crippen LogP contribution in [-0.2, 0) is 6.42 Å². The summed E-state index contributed by atoms with van der Waals surface area (Å²) in [7, 11) is 0. The maximum atomic E-state index is 13.5. The van der Waals surface area contributed by atoms with E-state index in [2.05, 4.69) is 15.9 Å². The van der Waals surface area contributed by atoms with Gasteiger partial charge in [0.15, 0.2) is 11.6 Å². The van der Waals surface area contributed by atoms with Crippen molar-refractivity contribution in [2.75, 3.05) is 0 Å². The first-order valence-corrected chi connectivity index (χ1v) is 6.65. The molecule has 0 fully saturated rings. The molecular formula is C15H13BrF2O. The van der Waals surface area contributed by atoms with E-state index in [9.17, 15) is 13.9 Å². The first-order chi connectivity index (χ1) is 8.99. The Morgan fingerprint density at radius 3 is 2.63 bits per heavy atom. The Kier molecular flexibility index (Phi) is 4.32. The van der Waals surface area contributed by atoms with E-state index in [1.165, 1.54) is 12.1 Å². The Bertz CT molecular complexity index is 599. The zero-order valence-electron chi connectivity index (χ0n) is 10.3. The Morgan fingerprint density at radius 1 is 1.21 bits per heavy atom. The second-order valence-electron chi connectivity index (χ2n) is 4.43. The molecule has 2 aromatic carbocycles. The molecule has 0 bridgehead atoms. The van der Waals surface area contributed by atoms with Gasteiger partial charge in [-0.1, -0.05) is 34.1 Å². The van der Waals surface area contributed by atoms with E-state index in [0.29, 0.717) is 5.56 Å². The van der Waals surface area contributed by atoms with Crippen molar-refractivity contribution in [1.82, 2.24) is 0 Å². The topological polar surface area (TPSA) is 20.2 Å². The molecule has 100 valence electrons. The van der Waals surface area contributed by atoms with Gasteiger partial charge in [0, 0.05) is 10.9 Å². The van der Waals surface area contributed by atoms with Gasteiger partial charge >= 0.3 is 0 Å². The predicted octanol–water partition coefficient (Wildman–Crippen LogP) is 4.31. The number of aryl methyl sites for hydroxylation is 1. The van der Waals surface area contributed by atoms with Crippen LogP contribution in [0.3, 0.4) is 0 Å². The van der Waals surface area contributed by atoms with Crippen LogP contribution < -0.4 is 0 Å². The maximum absolute atomic E-state index is 13.5. The number of halogens is 3. The molecule has 0 saturated heterocycles. The van der Waals surface area contributed by atoms with Crippen molar-refractivity contribution in [3.8, 4) is 0 Å². The molecule has 1 N–H and O–H groups in total. The minimum atomic E-state index is -0.892. The van der Waals surface area contributed by atoms with Crippen molar-refractivity contribution in [3.05, 3.63) is 69.2 Å². The number of benzene rings is 2. The summed E-state index contributed by atoms with van der Waals surface area (Å²) in [5.41, 5.74) is 1.79. The van der Waals surface area contributed by atoms with Crippen molar-refractivity contribution >= 4 is 15.9 Å². The Morgan fingerprint density at radius 2 is 1.95 bits per heavy atom. The second-order valence-corrected chi connectivity index (χ2v) is 5.35. The van der Waals surface area contributed by atoms with Gasteiger partial charge in [-0.2, -0.15) is 0 Å². The van der Waals surface area contributed by atoms with Crippen LogP contribution in [0.15, 0.2) is 40.9 Å². The Balaban J connectivity index is 2.25. The normalized spacial score (nSPS) is 12.5. The summed E-state index contributed by atoms with van der Waals surface area (Å²) >= 11 is 3.34. The molecule has 1 nitrogen and oxygen atoms in total. The van der Waals surface area contributed by atoms with Crippen molar-refractivity contribution in [3.63, 3.8) is 0 Å². The Hall–Kier alpha value is -1.26. The van der Waals surface area contributed by atoms with E-state index in [4.69, 9.17) is 0 Å². The van der Waals surface area contributed by atoms with Crippen molar-refractivity contribution < 1.29 is 13.9 Å². The molecule has 0 aliphatic heterocycles. The molecule has 2 aromatic rings. The third-order valence-electron chi connectivity index (χ3n) is 3.04. The summed E-state index contributed by atoms with van der Waals surface area (Å²) in [5, 5.41) is 10.2. The van der Waals surface area contributed by atoms with Crippen molar-refractivity contribution in [2.24, 2.45) is 0 Å². The first-order valence-electron chi connectivity index (χ1n) is 5.86. The summed E-state index contributed by atoms with van der Waals surface area (Å²) in [5.74, 6) is -1.78. The lowest BCUT2D eigenvalue weighted by atomic mass is 9.97. The van der Waals surface area contributed by atoms with Gasteiger partial charge in [0.2, 0.25) is 0 Å². The second kappa shape index (κ2) is 5.80. The van der Waals surface area contributed by atoms with E-state index in [1.807, 2.05) is 19.1 Å². The third-order valence-corrected chi connectivity index (χ3v) is 3.53. The number of hydrogen-bond acceptors (Lipinski definition) is 1. The van der Waals surface area contributed by atoms with Crippen LogP contribution >= 0.6 is 15.9 Å². The fraction of sp³-hybridized carbons (Fsp3) is 0.200. The van der Waals surface area contributed by atoms with Crippen molar-refractivity contribution in [2.45, 2.75) is 19.4 Å². The van der Waals surface area contributed by atoms with E-state index < -0.39 is 17.7 Å². The summed E-state index contributed by atoms with van der Waals surface area (Å²) in [4.78, 5) is 0. The van der Waals surface area contributed by atoms with Gasteiger partial charge in [-0.15, -0.1) is 0 Å². The van der Waals surface area contributed by atoms with Gasteiger partial charge in [-0.3, -0.25) is 0 Å². The smallest absolute Gasteiger partial charge is 0.162 e. The molecule has 0 aliphatic carbocycles. The van der Waals surface area contributed by atoms with Crippen LogP contribution in [0.5, 0.6) is 0 Å². The lowest BCUT2D eigenvalue weighted by Crippen LogP contribution is -2.06. The van der Waals surface area contributed by atoms with Gasteiger partial charge in [0.25, 0.3) is 0 Å². The SMILES string of the molecule is Cc1cc(Br)ccc1C(O)Cc1cccc(F)c1F. The van der Waals surface area contributed by atoms with Crippen LogP contribution in [-0.4, -0.2) is 5.11 Å². The van der Waals surface area contributed by atoms with Gasteiger partial charge in [0.05, 0.1) is 6.10 Å². The molecule has 1 atom stereocenters. The predicted molar refractivity (Wildman–Crippen MR) is 73.9 cm³/mol. The van der Waals surface area contributed by atoms with Gasteiger partial charge in [-0.05, 0) is 41.8 Å². The summed E-state index contributed by atoms with van der Waals surface area (Å²) < 4.78 is 27.6. The van der Waals surface area contributed by atoms with Crippen LogP contribution in [0, 0.1) is 18.6 Å². The summed E-state index contributed by atoms with van der Waals surface area (Å²) in [6, 6.07) is 9.45. The van der Waals surface area contributed by atoms with Gasteiger partial charge in [-0.25, -0.2) is 8.78 Å². The molecule has 0 aliphatic rings. The molecule has 0 spiro atoms. The summed E-state index contributed by atoms with van der Waals surface area (Å²) in [6.07, 6.45) is -0.809. The molecular weight excluding hydrogens is 314 g/mol. The average molecular weight is 327 g/mol. The van der Waals surface area contributed by atoms with Crippen LogP contribution in [0.1, 0.15) is 22.8 Å². The largest absolute Gasteiger partial charge is 0.388 e. The molecule has 0 heterocycles. The van der Waals surface area contributed by atoms with E-state index >= 15 is 0 Å². The standard InChI is InChI=1S/C15H13BrF2O/c1-9-7-11(16)5-6-12(9)14(19)8-10-3-2-4-13(17)15(10)18/h2-7,14,19H,8H2,1H3. The highest BCUT2D eigenvalue weighted by atomic mass is 79.9. The first kappa shape index (κ1) is 14.2. The average Bonchev–Trinajstić information content (AvgIpc) is 2.34. The lowest BCUT2D eigenvalue weighted by Gasteiger charge is -2.14. The molecule has 2 rings (SSSR count). The highest BCUT2D eigenvalue weighted by Gasteiger charge is 2.15. The highest BCUT2D eigenvalue weighted by Crippen LogP contribution is 2.25. The number of hydrogen-bond donors (Lipinski definition) is 1.